The summed E-state index contributed by atoms with van der Waals surface area (Å²) in [6.07, 6.45) is 27.1. The fourth-order valence-electron chi connectivity index (χ4n) is 5.42. The van der Waals surface area contributed by atoms with Crippen LogP contribution in [0.5, 0.6) is 0 Å². The van der Waals surface area contributed by atoms with Crippen LogP contribution in [0.1, 0.15) is 146 Å². The Bertz CT molecular complexity index is 656. The third-order valence-corrected chi connectivity index (χ3v) is 7.72. The summed E-state index contributed by atoms with van der Waals surface area (Å²) in [6, 6.07) is 22.0. The van der Waals surface area contributed by atoms with Crippen molar-refractivity contribution in [1.29, 1.82) is 0 Å². The summed E-state index contributed by atoms with van der Waals surface area (Å²) >= 11 is 0. The molecule has 0 aliphatic carbocycles. The van der Waals surface area contributed by atoms with Gasteiger partial charge in [-0.2, -0.15) is 0 Å². The largest absolute Gasteiger partial charge is 0.317 e. The van der Waals surface area contributed by atoms with E-state index in [0.29, 0.717) is 5.92 Å². The predicted octanol–water partition coefficient (Wildman–Crippen LogP) is 10.8. The van der Waals surface area contributed by atoms with Gasteiger partial charge in [-0.25, -0.2) is 0 Å². The average molecular weight is 492 g/mol. The first-order valence-corrected chi connectivity index (χ1v) is 15.7. The fraction of sp³-hybridized carbons (Fsp3) is 0.657. The smallest absolute Gasteiger partial charge is 0.0101 e. The Morgan fingerprint density at radius 2 is 0.806 bits per heavy atom. The summed E-state index contributed by atoms with van der Waals surface area (Å²) in [6.45, 7) is 4.55. The normalized spacial score (nSPS) is 11.4. The van der Waals surface area contributed by atoms with E-state index in [9.17, 15) is 0 Å². The molecule has 36 heavy (non-hydrogen) atoms. The topological polar surface area (TPSA) is 12.0 Å². The van der Waals surface area contributed by atoms with Gasteiger partial charge in [-0.3, -0.25) is 0 Å². The molecule has 0 aliphatic rings. The first-order valence-electron chi connectivity index (χ1n) is 15.7. The van der Waals surface area contributed by atoms with E-state index in [4.69, 9.17) is 0 Å². The summed E-state index contributed by atoms with van der Waals surface area (Å²) in [5.41, 5.74) is 2.86. The van der Waals surface area contributed by atoms with Crippen LogP contribution in [0.15, 0.2) is 60.7 Å². The monoisotopic (exact) mass is 491 g/mol. The van der Waals surface area contributed by atoms with Crippen LogP contribution in [0.2, 0.25) is 0 Å². The lowest BCUT2D eigenvalue weighted by Gasteiger charge is -2.18. The highest BCUT2D eigenvalue weighted by Gasteiger charge is 2.13. The summed E-state index contributed by atoms with van der Waals surface area (Å²) < 4.78 is 0. The van der Waals surface area contributed by atoms with Crippen LogP contribution in [-0.4, -0.2) is 13.1 Å². The second-order valence-electron chi connectivity index (χ2n) is 10.9. The molecule has 2 aromatic rings. The lowest BCUT2D eigenvalue weighted by atomic mass is 9.88. The second-order valence-corrected chi connectivity index (χ2v) is 10.9. The molecule has 0 unspecified atom stereocenters. The summed E-state index contributed by atoms with van der Waals surface area (Å²) in [7, 11) is 0. The molecular formula is C35H57N. The van der Waals surface area contributed by atoms with E-state index < -0.39 is 0 Å². The third-order valence-electron chi connectivity index (χ3n) is 7.72. The summed E-state index contributed by atoms with van der Waals surface area (Å²) in [4.78, 5) is 0. The molecule has 0 aromatic heterocycles. The van der Waals surface area contributed by atoms with Gasteiger partial charge >= 0.3 is 0 Å². The highest BCUT2D eigenvalue weighted by molar-refractivity contribution is 5.32. The molecule has 1 heteroatoms. The lowest BCUT2D eigenvalue weighted by molar-refractivity contribution is 0.520. The van der Waals surface area contributed by atoms with Gasteiger partial charge in [0.1, 0.15) is 0 Å². The van der Waals surface area contributed by atoms with E-state index in [1.807, 2.05) is 0 Å². The molecule has 0 aliphatic heterocycles. The van der Waals surface area contributed by atoms with Gasteiger partial charge in [0.25, 0.3) is 0 Å². The molecular weight excluding hydrogens is 434 g/mol. The van der Waals surface area contributed by atoms with E-state index >= 15 is 0 Å². The van der Waals surface area contributed by atoms with Gasteiger partial charge in [0.2, 0.25) is 0 Å². The number of hydrogen-bond acceptors (Lipinski definition) is 1. The van der Waals surface area contributed by atoms with Crippen molar-refractivity contribution in [3.63, 3.8) is 0 Å². The zero-order chi connectivity index (χ0) is 25.4. The van der Waals surface area contributed by atoms with E-state index in [1.54, 1.807) is 0 Å². The Kier molecular flexibility index (Phi) is 19.2. The van der Waals surface area contributed by atoms with Crippen molar-refractivity contribution in [2.45, 2.75) is 135 Å². The first kappa shape index (κ1) is 30.6. The minimum Gasteiger partial charge on any atom is -0.317 e. The number of benzene rings is 2. The second kappa shape index (κ2) is 22.6. The van der Waals surface area contributed by atoms with Crippen LogP contribution in [-0.2, 0) is 0 Å². The van der Waals surface area contributed by atoms with E-state index in [-0.39, 0.29) is 0 Å². The van der Waals surface area contributed by atoms with Crippen LogP contribution >= 0.6 is 0 Å². The maximum atomic E-state index is 3.71. The summed E-state index contributed by atoms with van der Waals surface area (Å²) in [5, 5.41) is 3.71. The Hall–Kier alpha value is -1.60. The standard InChI is InChI=1S/C35H57N/c1-2-3-4-5-6-7-8-9-10-11-12-13-14-15-16-17-18-25-31-36-32-30-35(33-26-21-19-22-27-33)34-28-23-20-24-29-34/h19-24,26-29,35-36H,2-18,25,30-32H2,1H3. The Labute approximate surface area is 224 Å². The molecule has 2 rings (SSSR count). The zero-order valence-electron chi connectivity index (χ0n) is 23.7. The maximum absolute atomic E-state index is 3.71. The molecule has 0 bridgehead atoms. The highest BCUT2D eigenvalue weighted by Crippen LogP contribution is 2.27. The van der Waals surface area contributed by atoms with Crippen molar-refractivity contribution in [2.24, 2.45) is 0 Å². The van der Waals surface area contributed by atoms with Crippen molar-refractivity contribution < 1.29 is 0 Å². The Morgan fingerprint density at radius 3 is 1.19 bits per heavy atom. The molecule has 0 radical (unpaired) electrons. The first-order chi connectivity index (χ1) is 17.9. The SMILES string of the molecule is CCCCCCCCCCCCCCCCCCCCNCCC(c1ccccc1)c1ccccc1. The lowest BCUT2D eigenvalue weighted by Crippen LogP contribution is -2.19. The van der Waals surface area contributed by atoms with Crippen molar-refractivity contribution in [3.05, 3.63) is 71.8 Å². The quantitative estimate of drug-likeness (QED) is 0.144. The molecule has 0 atom stereocenters. The van der Waals surface area contributed by atoms with E-state index in [1.165, 1.54) is 127 Å². The van der Waals surface area contributed by atoms with Crippen LogP contribution in [0, 0.1) is 0 Å². The van der Waals surface area contributed by atoms with Gasteiger partial charge in [-0.15, -0.1) is 0 Å². The summed E-state index contributed by atoms with van der Waals surface area (Å²) in [5.74, 6) is 0.486. The molecule has 0 heterocycles. The maximum Gasteiger partial charge on any atom is 0.0101 e. The van der Waals surface area contributed by atoms with Crippen LogP contribution in [0.25, 0.3) is 0 Å². The van der Waals surface area contributed by atoms with Gasteiger partial charge in [0.05, 0.1) is 0 Å². The van der Waals surface area contributed by atoms with Crippen LogP contribution in [0.4, 0.5) is 0 Å². The molecule has 0 fully saturated rings. The predicted molar refractivity (Wildman–Crippen MR) is 161 cm³/mol. The Morgan fingerprint density at radius 1 is 0.444 bits per heavy atom. The molecule has 0 saturated carbocycles. The van der Waals surface area contributed by atoms with Gasteiger partial charge < -0.3 is 5.32 Å². The molecule has 1 nitrogen and oxygen atoms in total. The molecule has 1 N–H and O–H groups in total. The molecule has 202 valence electrons. The highest BCUT2D eigenvalue weighted by atomic mass is 14.8. The molecule has 0 saturated heterocycles. The van der Waals surface area contributed by atoms with Gasteiger partial charge in [0, 0.05) is 5.92 Å². The zero-order valence-corrected chi connectivity index (χ0v) is 23.7. The minimum atomic E-state index is 0.486. The number of unbranched alkanes of at least 4 members (excludes halogenated alkanes) is 17. The van der Waals surface area contributed by atoms with E-state index in [2.05, 4.69) is 72.9 Å². The molecule has 0 amide bonds. The Balaban J connectivity index is 1.35. The van der Waals surface area contributed by atoms with Gasteiger partial charge in [-0.05, 0) is 37.1 Å². The van der Waals surface area contributed by atoms with E-state index in [0.717, 1.165) is 19.5 Å². The van der Waals surface area contributed by atoms with Crippen molar-refractivity contribution in [1.82, 2.24) is 5.32 Å². The average Bonchev–Trinajstić information content (AvgIpc) is 2.92. The number of hydrogen-bond donors (Lipinski definition) is 1. The number of rotatable bonds is 24. The third kappa shape index (κ3) is 15.5. The van der Waals surface area contributed by atoms with Crippen LogP contribution in [0.3, 0.4) is 0 Å². The van der Waals surface area contributed by atoms with Gasteiger partial charge in [0.15, 0.2) is 0 Å². The van der Waals surface area contributed by atoms with Crippen molar-refractivity contribution in [2.75, 3.05) is 13.1 Å². The van der Waals surface area contributed by atoms with Crippen molar-refractivity contribution >= 4 is 0 Å². The molecule has 2 aromatic carbocycles. The van der Waals surface area contributed by atoms with Crippen LogP contribution < -0.4 is 5.32 Å². The minimum absolute atomic E-state index is 0.486. The number of nitrogens with one attached hydrogen (secondary N) is 1. The molecule has 0 spiro atoms. The fourth-order valence-corrected chi connectivity index (χ4v) is 5.42. The van der Waals surface area contributed by atoms with Gasteiger partial charge in [-0.1, -0.05) is 177 Å². The van der Waals surface area contributed by atoms with Crippen molar-refractivity contribution in [3.8, 4) is 0 Å².